The third-order valence-corrected chi connectivity index (χ3v) is 5.65. The fourth-order valence-corrected chi connectivity index (χ4v) is 4.17. The molecule has 0 saturated carbocycles. The maximum absolute atomic E-state index is 11.9. The standard InChI is InChI=1S/C12H23N3O3S/c16-12(14-11-5-6-13-10-11)4-3-9-19(17,18)15-7-1-2-8-15/h11,13H,1-10H2,(H,14,16). The van der Waals surface area contributed by atoms with Crippen molar-refractivity contribution in [2.45, 2.75) is 38.1 Å². The molecular formula is C12H23N3O3S. The molecule has 0 radical (unpaired) electrons. The number of nitrogens with one attached hydrogen (secondary N) is 2. The van der Waals surface area contributed by atoms with Crippen LogP contribution in [0.1, 0.15) is 32.1 Å². The summed E-state index contributed by atoms with van der Waals surface area (Å²) in [5.74, 6) is 0.0499. The van der Waals surface area contributed by atoms with Crippen LogP contribution in [0.2, 0.25) is 0 Å². The second kappa shape index (κ2) is 6.67. The Hall–Kier alpha value is -0.660. The van der Waals surface area contributed by atoms with Gasteiger partial charge in [0, 0.05) is 32.1 Å². The van der Waals surface area contributed by atoms with Crippen molar-refractivity contribution in [2.75, 3.05) is 31.9 Å². The Morgan fingerprint density at radius 3 is 2.68 bits per heavy atom. The van der Waals surface area contributed by atoms with E-state index in [4.69, 9.17) is 0 Å². The first-order valence-corrected chi connectivity index (χ1v) is 8.67. The lowest BCUT2D eigenvalue weighted by atomic mass is 10.2. The molecule has 2 rings (SSSR count). The smallest absolute Gasteiger partial charge is 0.220 e. The van der Waals surface area contributed by atoms with Gasteiger partial charge in [-0.1, -0.05) is 0 Å². The third kappa shape index (κ3) is 4.43. The third-order valence-electron chi connectivity index (χ3n) is 3.69. The van der Waals surface area contributed by atoms with Gasteiger partial charge in [0.1, 0.15) is 0 Å². The van der Waals surface area contributed by atoms with Gasteiger partial charge in [-0.15, -0.1) is 0 Å². The Balaban J connectivity index is 1.66. The normalized spacial score (nSPS) is 24.7. The van der Waals surface area contributed by atoms with Crippen molar-refractivity contribution in [1.29, 1.82) is 0 Å². The van der Waals surface area contributed by atoms with Crippen molar-refractivity contribution in [1.82, 2.24) is 14.9 Å². The van der Waals surface area contributed by atoms with Crippen LogP contribution >= 0.6 is 0 Å². The van der Waals surface area contributed by atoms with Crippen LogP contribution in [0.3, 0.4) is 0 Å². The Morgan fingerprint density at radius 1 is 1.32 bits per heavy atom. The molecule has 0 aromatic heterocycles. The molecule has 2 N–H and O–H groups in total. The van der Waals surface area contributed by atoms with E-state index < -0.39 is 10.0 Å². The van der Waals surface area contributed by atoms with E-state index in [1.54, 1.807) is 4.31 Å². The van der Waals surface area contributed by atoms with Gasteiger partial charge in [-0.05, 0) is 32.2 Å². The zero-order chi connectivity index (χ0) is 13.7. The molecule has 0 aromatic rings. The lowest BCUT2D eigenvalue weighted by Crippen LogP contribution is -2.36. The number of amides is 1. The minimum absolute atomic E-state index is 0.0367. The summed E-state index contributed by atoms with van der Waals surface area (Å²) in [6.45, 7) is 3.04. The van der Waals surface area contributed by atoms with E-state index in [1.165, 1.54) is 0 Å². The van der Waals surface area contributed by atoms with E-state index >= 15 is 0 Å². The summed E-state index contributed by atoms with van der Waals surface area (Å²) >= 11 is 0. The number of nitrogens with zero attached hydrogens (tertiary/aromatic N) is 1. The molecule has 1 atom stereocenters. The van der Waals surface area contributed by atoms with Crippen molar-refractivity contribution in [2.24, 2.45) is 0 Å². The minimum atomic E-state index is -3.14. The largest absolute Gasteiger partial charge is 0.352 e. The highest BCUT2D eigenvalue weighted by Crippen LogP contribution is 2.14. The van der Waals surface area contributed by atoms with E-state index in [1.807, 2.05) is 0 Å². The maximum Gasteiger partial charge on any atom is 0.220 e. The monoisotopic (exact) mass is 289 g/mol. The molecule has 2 aliphatic rings. The fraction of sp³-hybridized carbons (Fsp3) is 0.917. The van der Waals surface area contributed by atoms with Gasteiger partial charge in [0.25, 0.3) is 0 Å². The first kappa shape index (κ1) is 14.7. The summed E-state index contributed by atoms with van der Waals surface area (Å²) in [4.78, 5) is 11.7. The second-order valence-electron chi connectivity index (χ2n) is 5.28. The maximum atomic E-state index is 11.9. The van der Waals surface area contributed by atoms with E-state index in [9.17, 15) is 13.2 Å². The highest BCUT2D eigenvalue weighted by Gasteiger charge is 2.25. The van der Waals surface area contributed by atoms with Crippen LogP contribution in [0.4, 0.5) is 0 Å². The predicted octanol–water partition coefficient (Wildman–Crippen LogP) is -0.330. The molecule has 0 bridgehead atoms. The van der Waals surface area contributed by atoms with Crippen molar-refractivity contribution in [3.05, 3.63) is 0 Å². The number of carbonyl (C=O) groups is 1. The lowest BCUT2D eigenvalue weighted by molar-refractivity contribution is -0.121. The van der Waals surface area contributed by atoms with E-state index in [0.717, 1.165) is 32.4 Å². The van der Waals surface area contributed by atoms with Gasteiger partial charge in [-0.3, -0.25) is 4.79 Å². The molecule has 1 amide bonds. The summed E-state index contributed by atoms with van der Waals surface area (Å²) in [6.07, 6.45) is 3.56. The van der Waals surface area contributed by atoms with Gasteiger partial charge in [0.05, 0.1) is 5.75 Å². The summed E-state index contributed by atoms with van der Waals surface area (Å²) < 4.78 is 25.4. The van der Waals surface area contributed by atoms with Crippen molar-refractivity contribution < 1.29 is 13.2 Å². The lowest BCUT2D eigenvalue weighted by Gasteiger charge is -2.15. The van der Waals surface area contributed by atoms with Gasteiger partial charge in [-0.2, -0.15) is 0 Å². The van der Waals surface area contributed by atoms with Crippen LogP contribution in [0.25, 0.3) is 0 Å². The zero-order valence-corrected chi connectivity index (χ0v) is 12.0. The molecule has 2 fully saturated rings. The van der Waals surface area contributed by atoms with Crippen LogP contribution in [-0.4, -0.2) is 56.6 Å². The summed E-state index contributed by atoms with van der Waals surface area (Å²) in [5.41, 5.74) is 0. The minimum Gasteiger partial charge on any atom is -0.352 e. The van der Waals surface area contributed by atoms with Crippen LogP contribution < -0.4 is 10.6 Å². The molecule has 0 spiro atoms. The van der Waals surface area contributed by atoms with E-state index in [-0.39, 0.29) is 17.7 Å². The van der Waals surface area contributed by atoms with Crippen LogP contribution in [0.5, 0.6) is 0 Å². The molecule has 0 aliphatic carbocycles. The summed E-state index contributed by atoms with van der Waals surface area (Å²) in [7, 11) is -3.14. The Morgan fingerprint density at radius 2 is 2.05 bits per heavy atom. The van der Waals surface area contributed by atoms with E-state index in [2.05, 4.69) is 10.6 Å². The van der Waals surface area contributed by atoms with Gasteiger partial charge in [0.15, 0.2) is 0 Å². The molecular weight excluding hydrogens is 266 g/mol. The van der Waals surface area contributed by atoms with Crippen molar-refractivity contribution in [3.8, 4) is 0 Å². The predicted molar refractivity (Wildman–Crippen MR) is 73.2 cm³/mol. The first-order chi connectivity index (χ1) is 9.08. The van der Waals surface area contributed by atoms with Crippen molar-refractivity contribution >= 4 is 15.9 Å². The Labute approximate surface area is 115 Å². The van der Waals surface area contributed by atoms with Crippen LogP contribution in [0.15, 0.2) is 0 Å². The molecule has 2 saturated heterocycles. The number of carbonyl (C=O) groups excluding carboxylic acids is 1. The van der Waals surface area contributed by atoms with Gasteiger partial charge >= 0.3 is 0 Å². The van der Waals surface area contributed by atoms with Crippen molar-refractivity contribution in [3.63, 3.8) is 0 Å². The molecule has 2 aliphatic heterocycles. The number of hydrogen-bond acceptors (Lipinski definition) is 4. The molecule has 0 aromatic carbocycles. The number of hydrogen-bond donors (Lipinski definition) is 2. The molecule has 19 heavy (non-hydrogen) atoms. The fourth-order valence-electron chi connectivity index (χ4n) is 2.59. The number of rotatable bonds is 6. The highest BCUT2D eigenvalue weighted by atomic mass is 32.2. The first-order valence-electron chi connectivity index (χ1n) is 7.06. The highest BCUT2D eigenvalue weighted by molar-refractivity contribution is 7.89. The Bertz CT molecular complexity index is 398. The summed E-state index contributed by atoms with van der Waals surface area (Å²) in [6, 6.07) is 0.211. The Kier molecular flexibility index (Phi) is 5.18. The average Bonchev–Trinajstić information content (AvgIpc) is 3.00. The van der Waals surface area contributed by atoms with Gasteiger partial charge < -0.3 is 10.6 Å². The van der Waals surface area contributed by atoms with Gasteiger partial charge in [-0.25, -0.2) is 12.7 Å². The van der Waals surface area contributed by atoms with E-state index in [0.29, 0.717) is 25.9 Å². The quantitative estimate of drug-likeness (QED) is 0.702. The van der Waals surface area contributed by atoms with Gasteiger partial charge in [0.2, 0.25) is 15.9 Å². The zero-order valence-electron chi connectivity index (χ0n) is 11.2. The average molecular weight is 289 g/mol. The van der Waals surface area contributed by atoms with Crippen LogP contribution in [0, 0.1) is 0 Å². The summed E-state index contributed by atoms with van der Waals surface area (Å²) in [5, 5.41) is 6.10. The SMILES string of the molecule is O=C(CCCS(=O)(=O)N1CCCC1)NC1CCNC1. The molecule has 110 valence electrons. The molecule has 7 heteroatoms. The topological polar surface area (TPSA) is 78.5 Å². The second-order valence-corrected chi connectivity index (χ2v) is 7.37. The van der Waals surface area contributed by atoms with Crippen LogP contribution in [-0.2, 0) is 14.8 Å². The number of sulfonamides is 1. The molecule has 6 nitrogen and oxygen atoms in total. The molecule has 1 unspecified atom stereocenters. The molecule has 2 heterocycles.